The molecule has 0 saturated carbocycles. The molecule has 8 N–H and O–H groups in total. The second-order valence-corrected chi connectivity index (χ2v) is 14.2. The van der Waals surface area contributed by atoms with Gasteiger partial charge in [-0.1, -0.05) is 48.2 Å². The fraction of sp³-hybridized carbons (Fsp3) is 0.410. The molecule has 3 atom stereocenters. The average Bonchev–Trinajstić information content (AvgIpc) is 3.55. The van der Waals surface area contributed by atoms with Gasteiger partial charge in [0.25, 0.3) is 0 Å². The molecule has 0 spiro atoms. The number of unbranched alkanes of at least 4 members (excludes halogenated alkanes) is 1. The molecule has 2 heterocycles. The van der Waals surface area contributed by atoms with Crippen LogP contribution in [0.15, 0.2) is 76.7 Å². The van der Waals surface area contributed by atoms with Gasteiger partial charge >= 0.3 is 0 Å². The number of H-pyrrole nitrogens is 1. The highest BCUT2D eigenvalue weighted by Gasteiger charge is 2.34. The van der Waals surface area contributed by atoms with Crippen molar-refractivity contribution >= 4 is 40.4 Å². The smallest absolute Gasteiger partial charge is 0.245 e. The number of likely N-dealkylation sites (N-methyl/N-ethyl adjacent to an activating group) is 1. The number of aromatic nitrogens is 1. The lowest BCUT2D eigenvalue weighted by molar-refractivity contribution is -0.142. The molecule has 0 fully saturated rings. The average molecular weight is 714 g/mol. The van der Waals surface area contributed by atoms with E-state index in [1.54, 1.807) is 25.9 Å². The SMILES string of the molecule is COc1cc(C)c2c(c1)CNC(=O)[C@H](Cc1c[nH]c3ccccc13)N(C)C(=O)[C@H](CCCCN)NC(=O)[C@H](CCCN)NCc1ccccc1S2. The van der Waals surface area contributed by atoms with Gasteiger partial charge in [0.05, 0.1) is 13.2 Å². The molecule has 0 bridgehead atoms. The maximum absolute atomic E-state index is 14.4. The molecule has 3 aromatic carbocycles. The van der Waals surface area contributed by atoms with E-state index in [9.17, 15) is 14.4 Å². The molecule has 5 rings (SSSR count). The van der Waals surface area contributed by atoms with E-state index in [0.717, 1.165) is 42.9 Å². The fourth-order valence-corrected chi connectivity index (χ4v) is 7.70. The number of methoxy groups -OCH3 is 1. The number of para-hydroxylation sites is 1. The Hall–Kier alpha value is -4.36. The van der Waals surface area contributed by atoms with Crippen LogP contribution in [0.3, 0.4) is 0 Å². The summed E-state index contributed by atoms with van der Waals surface area (Å²) in [5, 5.41) is 10.7. The zero-order valence-electron chi connectivity index (χ0n) is 29.8. The van der Waals surface area contributed by atoms with Crippen molar-refractivity contribution in [1.29, 1.82) is 0 Å². The Labute approximate surface area is 304 Å². The number of aryl methyl sites for hydroxylation is 1. The first-order valence-corrected chi connectivity index (χ1v) is 18.5. The summed E-state index contributed by atoms with van der Waals surface area (Å²) >= 11 is 1.62. The van der Waals surface area contributed by atoms with Gasteiger partial charge in [0.15, 0.2) is 0 Å². The molecular formula is C39H51N7O4S. The molecule has 0 aliphatic carbocycles. The number of nitrogens with one attached hydrogen (secondary N) is 4. The third-order valence-electron chi connectivity index (χ3n) is 9.52. The number of carbonyl (C=O) groups is 3. The summed E-state index contributed by atoms with van der Waals surface area (Å²) in [6.45, 7) is 3.60. The maximum atomic E-state index is 14.4. The summed E-state index contributed by atoms with van der Waals surface area (Å²) in [6, 6.07) is 17.6. The van der Waals surface area contributed by atoms with Crippen LogP contribution in [0.1, 0.15) is 54.4 Å². The van der Waals surface area contributed by atoms with Crippen molar-refractivity contribution in [3.8, 4) is 5.75 Å². The van der Waals surface area contributed by atoms with Crippen LogP contribution in [0, 0.1) is 6.92 Å². The second kappa shape index (κ2) is 18.2. The Morgan fingerprint density at radius 3 is 2.41 bits per heavy atom. The van der Waals surface area contributed by atoms with Crippen LogP contribution in [-0.2, 0) is 33.9 Å². The van der Waals surface area contributed by atoms with Crippen molar-refractivity contribution in [2.24, 2.45) is 11.5 Å². The Bertz CT molecular complexity index is 1810. The molecule has 1 aliphatic heterocycles. The Morgan fingerprint density at radius 2 is 1.63 bits per heavy atom. The summed E-state index contributed by atoms with van der Waals surface area (Å²) in [6.07, 6.45) is 5.04. The van der Waals surface area contributed by atoms with Crippen molar-refractivity contribution < 1.29 is 19.1 Å². The van der Waals surface area contributed by atoms with Crippen LogP contribution < -0.4 is 32.2 Å². The molecule has 51 heavy (non-hydrogen) atoms. The summed E-state index contributed by atoms with van der Waals surface area (Å²) in [4.78, 5) is 49.6. The molecule has 0 saturated heterocycles. The zero-order valence-corrected chi connectivity index (χ0v) is 30.6. The van der Waals surface area contributed by atoms with Gasteiger partial charge in [-0.2, -0.15) is 0 Å². The normalized spacial score (nSPS) is 19.2. The van der Waals surface area contributed by atoms with Gasteiger partial charge in [-0.15, -0.1) is 0 Å². The third kappa shape index (κ3) is 9.50. The number of benzene rings is 3. The van der Waals surface area contributed by atoms with Crippen LogP contribution in [0.5, 0.6) is 5.75 Å². The first kappa shape index (κ1) is 37.9. The highest BCUT2D eigenvalue weighted by Crippen LogP contribution is 2.37. The van der Waals surface area contributed by atoms with Crippen molar-refractivity contribution in [2.45, 2.75) is 86.5 Å². The van der Waals surface area contributed by atoms with E-state index in [1.807, 2.05) is 67.7 Å². The van der Waals surface area contributed by atoms with E-state index >= 15 is 0 Å². The largest absolute Gasteiger partial charge is 0.497 e. The number of fused-ring (bicyclic) bond motifs is 3. The van der Waals surface area contributed by atoms with Gasteiger partial charge in [0, 0.05) is 53.4 Å². The minimum absolute atomic E-state index is 0.226. The van der Waals surface area contributed by atoms with E-state index in [4.69, 9.17) is 16.2 Å². The Kier molecular flexibility index (Phi) is 13.5. The quantitative estimate of drug-likeness (QED) is 0.133. The van der Waals surface area contributed by atoms with E-state index in [-0.39, 0.29) is 30.7 Å². The number of hydrogen-bond acceptors (Lipinski definition) is 8. The molecular weight excluding hydrogens is 663 g/mol. The van der Waals surface area contributed by atoms with Crippen LogP contribution in [-0.4, -0.2) is 73.0 Å². The lowest BCUT2D eigenvalue weighted by atomic mass is 10.0. The van der Waals surface area contributed by atoms with E-state index < -0.39 is 18.1 Å². The van der Waals surface area contributed by atoms with Crippen molar-refractivity contribution in [2.75, 3.05) is 27.2 Å². The van der Waals surface area contributed by atoms with Crippen LogP contribution in [0.4, 0.5) is 0 Å². The number of carbonyl (C=O) groups excluding carboxylic acids is 3. The molecule has 3 amide bonds. The predicted molar refractivity (Wildman–Crippen MR) is 202 cm³/mol. The lowest BCUT2D eigenvalue weighted by Crippen LogP contribution is -2.57. The molecule has 0 radical (unpaired) electrons. The van der Waals surface area contributed by atoms with E-state index in [0.29, 0.717) is 57.5 Å². The lowest BCUT2D eigenvalue weighted by Gasteiger charge is -2.32. The molecule has 272 valence electrons. The van der Waals surface area contributed by atoms with Crippen molar-refractivity contribution in [3.63, 3.8) is 0 Å². The topological polar surface area (TPSA) is 168 Å². The number of aromatic amines is 1. The van der Waals surface area contributed by atoms with E-state index in [2.05, 4.69) is 27.0 Å². The van der Waals surface area contributed by atoms with Gasteiger partial charge in [-0.25, -0.2) is 0 Å². The summed E-state index contributed by atoms with van der Waals surface area (Å²) in [7, 11) is 3.28. The van der Waals surface area contributed by atoms with Crippen LogP contribution in [0.25, 0.3) is 10.9 Å². The predicted octanol–water partition coefficient (Wildman–Crippen LogP) is 4.15. The second-order valence-electron chi connectivity index (χ2n) is 13.1. The van der Waals surface area contributed by atoms with Gasteiger partial charge in [-0.3, -0.25) is 14.4 Å². The zero-order chi connectivity index (χ0) is 36.3. The van der Waals surface area contributed by atoms with Gasteiger partial charge < -0.3 is 42.0 Å². The van der Waals surface area contributed by atoms with Crippen LogP contribution in [0.2, 0.25) is 0 Å². The summed E-state index contributed by atoms with van der Waals surface area (Å²) in [5.74, 6) is -0.214. The Morgan fingerprint density at radius 1 is 0.882 bits per heavy atom. The maximum Gasteiger partial charge on any atom is 0.245 e. The number of hydrogen-bond donors (Lipinski definition) is 6. The number of nitrogens with two attached hydrogens (primary N) is 2. The van der Waals surface area contributed by atoms with Crippen molar-refractivity contribution in [3.05, 3.63) is 89.1 Å². The molecule has 0 unspecified atom stereocenters. The highest BCUT2D eigenvalue weighted by atomic mass is 32.2. The molecule has 12 heteroatoms. The highest BCUT2D eigenvalue weighted by molar-refractivity contribution is 7.99. The van der Waals surface area contributed by atoms with Gasteiger partial charge in [-0.05, 0) is 98.6 Å². The molecule has 1 aliphatic rings. The first-order chi connectivity index (χ1) is 24.7. The minimum atomic E-state index is -0.865. The van der Waals surface area contributed by atoms with Crippen LogP contribution >= 0.6 is 11.8 Å². The van der Waals surface area contributed by atoms with E-state index in [1.165, 1.54) is 4.90 Å². The summed E-state index contributed by atoms with van der Waals surface area (Å²) < 4.78 is 5.64. The molecule has 1 aromatic heterocycles. The molecule has 4 aromatic rings. The van der Waals surface area contributed by atoms with Gasteiger partial charge in [0.1, 0.15) is 17.8 Å². The number of rotatable bonds is 10. The Balaban J connectivity index is 1.58. The number of nitrogens with zero attached hydrogens (tertiary/aromatic N) is 1. The van der Waals surface area contributed by atoms with Gasteiger partial charge in [0.2, 0.25) is 17.7 Å². The third-order valence-corrected chi connectivity index (χ3v) is 10.9. The minimum Gasteiger partial charge on any atom is -0.497 e. The fourth-order valence-electron chi connectivity index (χ4n) is 6.58. The summed E-state index contributed by atoms with van der Waals surface area (Å²) in [5.41, 5.74) is 16.5. The standard InChI is InChI=1S/C39H51N7O4S/c1-25-19-29(50-3)20-28-24-44-38(48)34(21-27-23-42-31-13-6-5-12-30(27)31)46(2)39(49)33(14-8-9-17-40)45-37(47)32(15-10-18-41)43-22-26-11-4-7-16-35(26)51-36(25)28/h4-7,11-13,16,19-20,23,32-34,42-43H,8-10,14-15,17-18,21-22,24,40-41H2,1-3H3,(H,44,48)(H,45,47)/t32-,33-,34-/m0/s1. The first-order valence-electron chi connectivity index (χ1n) is 17.7. The molecule has 11 nitrogen and oxygen atoms in total. The van der Waals surface area contributed by atoms with Crippen molar-refractivity contribution in [1.82, 2.24) is 25.8 Å². The number of ether oxygens (including phenoxy) is 1. The number of amides is 3. The monoisotopic (exact) mass is 713 g/mol.